The monoisotopic (exact) mass is 416 g/mol. The number of thioether (sulfide) groups is 2. The second-order valence-corrected chi connectivity index (χ2v) is 9.88. The normalized spacial score (nSPS) is 20.5. The van der Waals surface area contributed by atoms with Gasteiger partial charge in [-0.15, -0.1) is 11.8 Å². The average Bonchev–Trinajstić information content (AvgIpc) is 2.64. The molecule has 0 bridgehead atoms. The standard InChI is InChI=1S/C22H25FN2OS2/c1-14-4-7-17(8-5-14)28-15(2)20(26)13-16-6-9-19(23)18(12-16)22(3)10-11-27-21(24)25-22/h4-9,12,15H,10-11,13H2,1-3H3,(H2,24,25)/t15?,22-/m0/s1. The van der Waals surface area contributed by atoms with Gasteiger partial charge in [-0.1, -0.05) is 41.6 Å². The van der Waals surface area contributed by atoms with Gasteiger partial charge in [0.1, 0.15) is 11.6 Å². The molecule has 0 aliphatic carbocycles. The molecule has 0 radical (unpaired) electrons. The first-order valence-corrected chi connectivity index (χ1v) is 11.2. The van der Waals surface area contributed by atoms with Crippen LogP contribution in [0, 0.1) is 12.7 Å². The third-order valence-electron chi connectivity index (χ3n) is 4.97. The third-order valence-corrected chi connectivity index (χ3v) is 6.93. The fourth-order valence-corrected chi connectivity index (χ4v) is 5.10. The zero-order chi connectivity index (χ0) is 20.3. The Kier molecular flexibility index (Phi) is 6.50. The Hall–Kier alpha value is -1.79. The second-order valence-electron chi connectivity index (χ2n) is 7.35. The van der Waals surface area contributed by atoms with Gasteiger partial charge < -0.3 is 5.73 Å². The van der Waals surface area contributed by atoms with Crippen LogP contribution in [-0.2, 0) is 16.8 Å². The van der Waals surface area contributed by atoms with Gasteiger partial charge in [-0.3, -0.25) is 9.79 Å². The summed E-state index contributed by atoms with van der Waals surface area (Å²) in [7, 11) is 0. The number of carbonyl (C=O) groups is 1. The summed E-state index contributed by atoms with van der Waals surface area (Å²) in [5, 5.41) is 0.310. The Morgan fingerprint density at radius 3 is 2.71 bits per heavy atom. The summed E-state index contributed by atoms with van der Waals surface area (Å²) >= 11 is 3.04. The number of amidine groups is 1. The molecular weight excluding hydrogens is 391 g/mol. The van der Waals surface area contributed by atoms with Crippen LogP contribution in [0.4, 0.5) is 4.39 Å². The molecule has 3 rings (SSSR count). The number of hydrogen-bond acceptors (Lipinski definition) is 5. The van der Waals surface area contributed by atoms with E-state index < -0.39 is 5.54 Å². The minimum atomic E-state index is -0.680. The maximum Gasteiger partial charge on any atom is 0.154 e. The van der Waals surface area contributed by atoms with Gasteiger partial charge in [0, 0.05) is 22.6 Å². The number of carbonyl (C=O) groups excluding carboxylic acids is 1. The Balaban J connectivity index is 1.74. The number of halogens is 1. The van der Waals surface area contributed by atoms with Gasteiger partial charge >= 0.3 is 0 Å². The summed E-state index contributed by atoms with van der Waals surface area (Å²) in [4.78, 5) is 18.3. The number of rotatable bonds is 6. The van der Waals surface area contributed by atoms with Crippen molar-refractivity contribution >= 4 is 34.5 Å². The first kappa shape index (κ1) is 20.9. The maximum absolute atomic E-state index is 14.5. The lowest BCUT2D eigenvalue weighted by molar-refractivity contribution is -0.117. The van der Waals surface area contributed by atoms with Crippen LogP contribution < -0.4 is 5.73 Å². The Morgan fingerprint density at radius 2 is 2.04 bits per heavy atom. The molecular formula is C22H25FN2OS2. The van der Waals surface area contributed by atoms with E-state index in [2.05, 4.69) is 4.99 Å². The van der Waals surface area contributed by atoms with Gasteiger partial charge in [0.05, 0.1) is 10.8 Å². The molecule has 1 heterocycles. The third kappa shape index (κ3) is 4.97. The molecule has 1 aliphatic rings. The van der Waals surface area contributed by atoms with Gasteiger partial charge in [-0.05, 0) is 51.0 Å². The number of Topliss-reactive ketones (excluding diaryl/α,β-unsaturated/α-hetero) is 1. The molecule has 3 nitrogen and oxygen atoms in total. The Bertz CT molecular complexity index is 898. The number of nitrogens with two attached hydrogens (primary N) is 1. The average molecular weight is 417 g/mol. The van der Waals surface area contributed by atoms with E-state index in [0.29, 0.717) is 17.2 Å². The van der Waals surface area contributed by atoms with Crippen LogP contribution in [0.2, 0.25) is 0 Å². The van der Waals surface area contributed by atoms with Crippen molar-refractivity contribution in [2.75, 3.05) is 5.75 Å². The van der Waals surface area contributed by atoms with Crippen LogP contribution in [0.3, 0.4) is 0 Å². The van der Waals surface area contributed by atoms with Crippen molar-refractivity contribution in [1.29, 1.82) is 0 Å². The fraction of sp³-hybridized carbons (Fsp3) is 0.364. The van der Waals surface area contributed by atoms with Crippen molar-refractivity contribution in [3.63, 3.8) is 0 Å². The van der Waals surface area contributed by atoms with E-state index in [9.17, 15) is 9.18 Å². The van der Waals surface area contributed by atoms with E-state index in [1.54, 1.807) is 23.9 Å². The SMILES string of the molecule is Cc1ccc(SC(C)C(=O)Cc2ccc(F)c([C@]3(C)CCSC(N)=N3)c2)cc1. The first-order chi connectivity index (χ1) is 13.3. The molecule has 2 atom stereocenters. The summed E-state index contributed by atoms with van der Waals surface area (Å²) in [5.41, 5.74) is 7.71. The molecule has 0 saturated heterocycles. The zero-order valence-corrected chi connectivity index (χ0v) is 18.0. The zero-order valence-electron chi connectivity index (χ0n) is 16.4. The molecule has 2 N–H and O–H groups in total. The Morgan fingerprint density at radius 1 is 1.32 bits per heavy atom. The van der Waals surface area contributed by atoms with Crippen molar-refractivity contribution in [1.82, 2.24) is 0 Å². The van der Waals surface area contributed by atoms with Gasteiger partial charge in [0.25, 0.3) is 0 Å². The number of hydrogen-bond donors (Lipinski definition) is 1. The van der Waals surface area contributed by atoms with Crippen molar-refractivity contribution < 1.29 is 9.18 Å². The minimum Gasteiger partial charge on any atom is -0.379 e. The molecule has 0 spiro atoms. The van der Waals surface area contributed by atoms with Crippen molar-refractivity contribution in [3.05, 3.63) is 65.0 Å². The van der Waals surface area contributed by atoms with Gasteiger partial charge in [0.2, 0.25) is 0 Å². The van der Waals surface area contributed by atoms with E-state index in [4.69, 9.17) is 5.73 Å². The van der Waals surface area contributed by atoms with Crippen LogP contribution in [0.1, 0.15) is 37.0 Å². The van der Waals surface area contributed by atoms with Gasteiger partial charge in [-0.2, -0.15) is 0 Å². The van der Waals surface area contributed by atoms with Crippen LogP contribution in [0.15, 0.2) is 52.4 Å². The molecule has 148 valence electrons. The molecule has 2 aromatic carbocycles. The summed E-state index contributed by atoms with van der Waals surface area (Å²) in [6.07, 6.45) is 0.990. The quantitative estimate of drug-likeness (QED) is 0.666. The number of nitrogens with zero attached hydrogens (tertiary/aromatic N) is 1. The number of aliphatic imine (C=N–C) groups is 1. The highest BCUT2D eigenvalue weighted by Gasteiger charge is 2.32. The molecule has 0 amide bonds. The topological polar surface area (TPSA) is 55.5 Å². The van der Waals surface area contributed by atoms with E-state index in [0.717, 1.165) is 16.2 Å². The van der Waals surface area contributed by atoms with Crippen molar-refractivity contribution in [2.24, 2.45) is 10.7 Å². The lowest BCUT2D eigenvalue weighted by Gasteiger charge is -2.30. The van der Waals surface area contributed by atoms with Crippen LogP contribution in [-0.4, -0.2) is 22.0 Å². The van der Waals surface area contributed by atoms with Crippen LogP contribution in [0.25, 0.3) is 0 Å². The molecule has 1 aliphatic heterocycles. The molecule has 2 aromatic rings. The van der Waals surface area contributed by atoms with E-state index in [1.165, 1.54) is 23.4 Å². The smallest absolute Gasteiger partial charge is 0.154 e. The summed E-state index contributed by atoms with van der Waals surface area (Å²) in [6, 6.07) is 13.1. The molecule has 0 aromatic heterocycles. The highest BCUT2D eigenvalue weighted by atomic mass is 32.2. The largest absolute Gasteiger partial charge is 0.379 e. The lowest BCUT2D eigenvalue weighted by Crippen LogP contribution is -2.30. The van der Waals surface area contributed by atoms with E-state index >= 15 is 0 Å². The Labute approximate surface area is 174 Å². The lowest BCUT2D eigenvalue weighted by atomic mass is 9.87. The van der Waals surface area contributed by atoms with Gasteiger partial charge in [-0.25, -0.2) is 4.39 Å². The first-order valence-electron chi connectivity index (χ1n) is 9.30. The van der Waals surface area contributed by atoms with Crippen molar-refractivity contribution in [3.8, 4) is 0 Å². The number of ketones is 1. The van der Waals surface area contributed by atoms with Gasteiger partial charge in [0.15, 0.2) is 5.17 Å². The number of aryl methyl sites for hydroxylation is 1. The summed E-state index contributed by atoms with van der Waals surface area (Å²) in [6.45, 7) is 5.86. The minimum absolute atomic E-state index is 0.121. The van der Waals surface area contributed by atoms with E-state index in [-0.39, 0.29) is 23.3 Å². The number of benzene rings is 2. The second kappa shape index (κ2) is 8.70. The molecule has 0 saturated carbocycles. The predicted octanol–water partition coefficient (Wildman–Crippen LogP) is 5.09. The fourth-order valence-electron chi connectivity index (χ4n) is 3.21. The predicted molar refractivity (Wildman–Crippen MR) is 118 cm³/mol. The molecule has 28 heavy (non-hydrogen) atoms. The molecule has 0 fully saturated rings. The van der Waals surface area contributed by atoms with Crippen LogP contribution >= 0.6 is 23.5 Å². The van der Waals surface area contributed by atoms with Crippen molar-refractivity contribution in [2.45, 2.75) is 49.3 Å². The molecule has 6 heteroatoms. The summed E-state index contributed by atoms with van der Waals surface area (Å²) < 4.78 is 14.5. The maximum atomic E-state index is 14.5. The van der Waals surface area contributed by atoms with Crippen LogP contribution in [0.5, 0.6) is 0 Å². The highest BCUT2D eigenvalue weighted by molar-refractivity contribution is 8.13. The highest BCUT2D eigenvalue weighted by Crippen LogP contribution is 2.37. The molecule has 1 unspecified atom stereocenters. The van der Waals surface area contributed by atoms with E-state index in [1.807, 2.05) is 45.0 Å². The summed E-state index contributed by atoms with van der Waals surface area (Å²) in [5.74, 6) is 0.623.